The first-order valence-electron chi connectivity index (χ1n) is 5.25. The first kappa shape index (κ1) is 9.59. The van der Waals surface area contributed by atoms with E-state index in [1.807, 2.05) is 6.07 Å². The number of thiophene rings is 1. The zero-order chi connectivity index (χ0) is 11.0. The van der Waals surface area contributed by atoms with E-state index in [2.05, 4.69) is 15.3 Å². The van der Waals surface area contributed by atoms with Crippen molar-refractivity contribution in [2.45, 2.75) is 19.3 Å². The fourth-order valence-corrected chi connectivity index (χ4v) is 3.09. The molecule has 0 saturated carbocycles. The molecule has 0 unspecified atom stereocenters. The number of aromatic nitrogens is 2. The van der Waals surface area contributed by atoms with Gasteiger partial charge in [0.1, 0.15) is 0 Å². The summed E-state index contributed by atoms with van der Waals surface area (Å²) in [6.07, 6.45) is 6.75. The van der Waals surface area contributed by atoms with Gasteiger partial charge < -0.3 is 4.98 Å². The van der Waals surface area contributed by atoms with E-state index in [1.54, 1.807) is 23.7 Å². The smallest absolute Gasteiger partial charge is 0.268 e. The fourth-order valence-electron chi connectivity index (χ4n) is 1.94. The van der Waals surface area contributed by atoms with Crippen molar-refractivity contribution < 1.29 is 4.79 Å². The fraction of sp³-hybridized carbons (Fsp3) is 0.273. The van der Waals surface area contributed by atoms with Crippen molar-refractivity contribution in [3.63, 3.8) is 0 Å². The molecule has 5 heteroatoms. The van der Waals surface area contributed by atoms with Crippen LogP contribution in [0.25, 0.3) is 0 Å². The molecule has 3 rings (SSSR count). The van der Waals surface area contributed by atoms with Crippen molar-refractivity contribution in [3.05, 3.63) is 33.8 Å². The molecule has 2 aromatic rings. The highest BCUT2D eigenvalue weighted by Crippen LogP contribution is 2.30. The molecular weight excluding hydrogens is 222 g/mol. The summed E-state index contributed by atoms with van der Waals surface area (Å²) in [5.41, 5.74) is 1.34. The summed E-state index contributed by atoms with van der Waals surface area (Å²) in [6, 6.07) is 2.01. The Morgan fingerprint density at radius 3 is 3.19 bits per heavy atom. The lowest BCUT2D eigenvalue weighted by Crippen LogP contribution is -2.11. The molecule has 0 saturated heterocycles. The van der Waals surface area contributed by atoms with E-state index in [4.69, 9.17) is 0 Å². The third-order valence-corrected chi connectivity index (χ3v) is 3.94. The van der Waals surface area contributed by atoms with Crippen molar-refractivity contribution in [2.75, 3.05) is 5.32 Å². The van der Waals surface area contributed by atoms with E-state index in [-0.39, 0.29) is 5.91 Å². The molecule has 2 heterocycles. The number of carbonyl (C=O) groups is 1. The summed E-state index contributed by atoms with van der Waals surface area (Å²) >= 11 is 1.60. The van der Waals surface area contributed by atoms with Crippen molar-refractivity contribution in [1.82, 2.24) is 9.97 Å². The van der Waals surface area contributed by atoms with Gasteiger partial charge in [-0.05, 0) is 30.9 Å². The van der Waals surface area contributed by atoms with Gasteiger partial charge in [-0.15, -0.1) is 11.3 Å². The molecule has 2 N–H and O–H groups in total. The van der Waals surface area contributed by atoms with Crippen LogP contribution in [0.15, 0.2) is 18.5 Å². The molecule has 4 nitrogen and oxygen atoms in total. The quantitative estimate of drug-likeness (QED) is 0.835. The largest absolute Gasteiger partial charge is 0.331 e. The van der Waals surface area contributed by atoms with Crippen LogP contribution < -0.4 is 5.32 Å². The van der Waals surface area contributed by atoms with Crippen LogP contribution in [0.3, 0.4) is 0 Å². The molecule has 2 aromatic heterocycles. The number of hydrogen-bond donors (Lipinski definition) is 2. The second-order valence-electron chi connectivity index (χ2n) is 3.80. The number of hydrogen-bond acceptors (Lipinski definition) is 3. The number of nitrogens with one attached hydrogen (secondary N) is 2. The molecule has 1 amide bonds. The van der Waals surface area contributed by atoms with Gasteiger partial charge in [0.05, 0.1) is 4.88 Å². The van der Waals surface area contributed by atoms with Gasteiger partial charge in [0.2, 0.25) is 5.95 Å². The Bertz CT molecular complexity index is 494. The second kappa shape index (κ2) is 3.75. The summed E-state index contributed by atoms with van der Waals surface area (Å²) in [6.45, 7) is 0. The number of aromatic amines is 1. The van der Waals surface area contributed by atoms with Crippen LogP contribution in [-0.2, 0) is 12.8 Å². The number of aryl methyl sites for hydroxylation is 2. The van der Waals surface area contributed by atoms with E-state index < -0.39 is 0 Å². The van der Waals surface area contributed by atoms with Gasteiger partial charge in [-0.2, -0.15) is 0 Å². The van der Waals surface area contributed by atoms with Crippen molar-refractivity contribution >= 4 is 23.2 Å². The molecule has 0 bridgehead atoms. The van der Waals surface area contributed by atoms with Crippen LogP contribution in [0.5, 0.6) is 0 Å². The molecule has 0 spiro atoms. The molecule has 82 valence electrons. The van der Waals surface area contributed by atoms with Crippen molar-refractivity contribution in [2.24, 2.45) is 0 Å². The molecule has 0 atom stereocenters. The van der Waals surface area contributed by atoms with Gasteiger partial charge >= 0.3 is 0 Å². The van der Waals surface area contributed by atoms with Gasteiger partial charge in [0.25, 0.3) is 5.91 Å². The van der Waals surface area contributed by atoms with Gasteiger partial charge in [-0.25, -0.2) is 4.98 Å². The molecular formula is C11H11N3OS. The zero-order valence-electron chi connectivity index (χ0n) is 8.62. The average molecular weight is 233 g/mol. The van der Waals surface area contributed by atoms with Crippen LogP contribution in [0.2, 0.25) is 0 Å². The summed E-state index contributed by atoms with van der Waals surface area (Å²) in [7, 11) is 0. The predicted octanol–water partition coefficient (Wildman–Crippen LogP) is 2.21. The molecule has 16 heavy (non-hydrogen) atoms. The summed E-state index contributed by atoms with van der Waals surface area (Å²) in [5.74, 6) is 0.424. The van der Waals surface area contributed by atoms with Crippen LogP contribution in [-0.4, -0.2) is 15.9 Å². The van der Waals surface area contributed by atoms with Gasteiger partial charge in [-0.1, -0.05) is 0 Å². The first-order chi connectivity index (χ1) is 7.83. The number of amides is 1. The monoisotopic (exact) mass is 233 g/mol. The van der Waals surface area contributed by atoms with Gasteiger partial charge in [0.15, 0.2) is 0 Å². The molecule has 0 radical (unpaired) electrons. The molecule has 1 aliphatic rings. The Morgan fingerprint density at radius 1 is 1.50 bits per heavy atom. The van der Waals surface area contributed by atoms with Crippen molar-refractivity contribution in [1.29, 1.82) is 0 Å². The maximum Gasteiger partial charge on any atom is 0.268 e. The second-order valence-corrected chi connectivity index (χ2v) is 4.94. The van der Waals surface area contributed by atoms with Gasteiger partial charge in [0, 0.05) is 17.3 Å². The minimum Gasteiger partial charge on any atom is -0.331 e. The molecule has 0 aliphatic heterocycles. The van der Waals surface area contributed by atoms with E-state index >= 15 is 0 Å². The summed E-state index contributed by atoms with van der Waals surface area (Å²) in [4.78, 5) is 20.8. The normalized spacial score (nSPS) is 13.8. The number of rotatable bonds is 2. The van der Waals surface area contributed by atoms with Crippen LogP contribution in [0, 0.1) is 0 Å². The average Bonchev–Trinajstić information content (AvgIpc) is 2.91. The number of anilines is 1. The highest BCUT2D eigenvalue weighted by Gasteiger charge is 2.18. The predicted molar refractivity (Wildman–Crippen MR) is 62.9 cm³/mol. The number of imidazole rings is 1. The third-order valence-electron chi connectivity index (χ3n) is 2.70. The highest BCUT2D eigenvalue weighted by molar-refractivity contribution is 7.14. The minimum absolute atomic E-state index is 0.0747. The number of carbonyl (C=O) groups excluding carboxylic acids is 1. The topological polar surface area (TPSA) is 57.8 Å². The lowest BCUT2D eigenvalue weighted by atomic mass is 10.2. The van der Waals surface area contributed by atoms with E-state index in [1.165, 1.54) is 16.9 Å². The zero-order valence-corrected chi connectivity index (χ0v) is 9.43. The number of fused-ring (bicyclic) bond motifs is 1. The van der Waals surface area contributed by atoms with Crippen LogP contribution in [0.1, 0.15) is 26.5 Å². The molecule has 1 aliphatic carbocycles. The summed E-state index contributed by atoms with van der Waals surface area (Å²) in [5, 5.41) is 2.73. The Labute approximate surface area is 96.7 Å². The Hall–Kier alpha value is -1.62. The standard InChI is InChI=1S/C11H11N3OS/c15-10(14-11-12-4-5-13-11)9-6-7-2-1-3-8(7)16-9/h4-6H,1-3H2,(H2,12,13,14,15). The minimum atomic E-state index is -0.0747. The van der Waals surface area contributed by atoms with E-state index in [9.17, 15) is 4.79 Å². The molecule has 0 aromatic carbocycles. The molecule has 0 fully saturated rings. The van der Waals surface area contributed by atoms with Crippen LogP contribution in [0.4, 0.5) is 5.95 Å². The third kappa shape index (κ3) is 1.63. The highest BCUT2D eigenvalue weighted by atomic mass is 32.1. The Kier molecular flexibility index (Phi) is 2.25. The number of nitrogens with zero attached hydrogens (tertiary/aromatic N) is 1. The van der Waals surface area contributed by atoms with Crippen LogP contribution >= 0.6 is 11.3 Å². The van der Waals surface area contributed by atoms with E-state index in [0.717, 1.165) is 17.7 Å². The Balaban J connectivity index is 1.79. The Morgan fingerprint density at radius 2 is 2.44 bits per heavy atom. The SMILES string of the molecule is O=C(Nc1ncc[nH]1)c1cc2c(s1)CCC2. The lowest BCUT2D eigenvalue weighted by molar-refractivity contribution is 0.102. The van der Waals surface area contributed by atoms with Gasteiger partial charge in [-0.3, -0.25) is 10.1 Å². The maximum atomic E-state index is 11.9. The van der Waals surface area contributed by atoms with E-state index in [0.29, 0.717) is 5.95 Å². The number of H-pyrrole nitrogens is 1. The maximum absolute atomic E-state index is 11.9. The summed E-state index contributed by atoms with van der Waals surface area (Å²) < 4.78 is 0. The first-order valence-corrected chi connectivity index (χ1v) is 6.07. The van der Waals surface area contributed by atoms with Crippen molar-refractivity contribution in [3.8, 4) is 0 Å². The lowest BCUT2D eigenvalue weighted by Gasteiger charge is -1.98.